The summed E-state index contributed by atoms with van der Waals surface area (Å²) in [7, 11) is 1.27. The van der Waals surface area contributed by atoms with Crippen LogP contribution in [0.4, 0.5) is 15.4 Å². The number of methoxy groups -OCH3 is 1. The third kappa shape index (κ3) is 5.57. The molecule has 0 spiro atoms. The van der Waals surface area contributed by atoms with Gasteiger partial charge in [-0.3, -0.25) is 9.20 Å². The molecule has 2 heterocycles. The Morgan fingerprint density at radius 3 is 2.06 bits per heavy atom. The van der Waals surface area contributed by atoms with Crippen LogP contribution in [0, 0.1) is 0 Å². The number of amides is 2. The third-order valence-electron chi connectivity index (χ3n) is 4.24. The number of carbonyl (C=O) groups excluding carboxylic acids is 3. The van der Waals surface area contributed by atoms with Gasteiger partial charge in [0.1, 0.15) is 11.2 Å². The Bertz CT molecular complexity index is 1190. The number of hydrogen-bond donors (Lipinski definition) is 0. The van der Waals surface area contributed by atoms with Crippen LogP contribution >= 0.6 is 0 Å². The summed E-state index contributed by atoms with van der Waals surface area (Å²) >= 11 is 0. The van der Waals surface area contributed by atoms with Crippen LogP contribution in [0.5, 0.6) is 0 Å². The summed E-state index contributed by atoms with van der Waals surface area (Å²) in [6.07, 6.45) is -0.516. The third-order valence-corrected chi connectivity index (χ3v) is 4.24. The second kappa shape index (κ2) is 8.68. The minimum Gasteiger partial charge on any atom is -0.469 e. The summed E-state index contributed by atoms with van der Waals surface area (Å²) in [5, 5.41) is 0. The number of imide groups is 1. The van der Waals surface area contributed by atoms with Crippen molar-refractivity contribution in [3.63, 3.8) is 0 Å². The number of imidazole rings is 1. The summed E-state index contributed by atoms with van der Waals surface area (Å²) in [6, 6.07) is 7.26. The van der Waals surface area contributed by atoms with Gasteiger partial charge in [0.2, 0.25) is 0 Å². The molecule has 0 fully saturated rings. The van der Waals surface area contributed by atoms with Gasteiger partial charge in [-0.15, -0.1) is 0 Å². The molecule has 2 amide bonds. The van der Waals surface area contributed by atoms with Crippen molar-refractivity contribution in [2.24, 2.45) is 0 Å². The molecule has 0 radical (unpaired) electrons. The first-order valence-electron chi connectivity index (χ1n) is 10.4. The van der Waals surface area contributed by atoms with Crippen LogP contribution in [0.3, 0.4) is 0 Å². The molecule has 1 aromatic carbocycles. The lowest BCUT2D eigenvalue weighted by Crippen LogP contribution is -2.44. The first-order chi connectivity index (χ1) is 15.3. The molecule has 0 aliphatic heterocycles. The van der Waals surface area contributed by atoms with Crippen LogP contribution in [0.15, 0.2) is 30.5 Å². The zero-order valence-electron chi connectivity index (χ0n) is 19.8. The van der Waals surface area contributed by atoms with E-state index in [4.69, 9.17) is 14.2 Å². The van der Waals surface area contributed by atoms with Gasteiger partial charge >= 0.3 is 18.2 Å². The predicted octanol–water partition coefficient (Wildman–Crippen LogP) is 4.27. The van der Waals surface area contributed by atoms with E-state index in [1.165, 1.54) is 7.11 Å². The Morgan fingerprint density at radius 2 is 1.52 bits per heavy atom. The van der Waals surface area contributed by atoms with E-state index in [2.05, 4.69) is 9.97 Å². The van der Waals surface area contributed by atoms with Gasteiger partial charge in [0, 0.05) is 6.20 Å². The average Bonchev–Trinajstić information content (AvgIpc) is 3.04. The van der Waals surface area contributed by atoms with Crippen molar-refractivity contribution in [1.82, 2.24) is 14.4 Å². The smallest absolute Gasteiger partial charge is 0.425 e. The molecule has 3 rings (SSSR count). The van der Waals surface area contributed by atoms with Crippen LogP contribution in [-0.2, 0) is 25.4 Å². The summed E-state index contributed by atoms with van der Waals surface area (Å²) in [4.78, 5) is 48.0. The topological polar surface area (TPSA) is 112 Å². The van der Waals surface area contributed by atoms with Gasteiger partial charge in [-0.1, -0.05) is 12.1 Å². The van der Waals surface area contributed by atoms with Crippen LogP contribution in [0.1, 0.15) is 47.2 Å². The Morgan fingerprint density at radius 1 is 0.939 bits per heavy atom. The molecule has 0 aliphatic carbocycles. The molecule has 0 saturated carbocycles. The van der Waals surface area contributed by atoms with Gasteiger partial charge < -0.3 is 14.2 Å². The number of anilines is 1. The SMILES string of the molecule is COC(=O)Cc1cn2c(nc3ccccc32)c(N(C(=O)OC(C)(C)C)C(=O)OC(C)(C)C)n1. The molecule has 0 atom stereocenters. The molecule has 0 aliphatic rings. The minimum atomic E-state index is -0.978. The predicted molar refractivity (Wildman–Crippen MR) is 121 cm³/mol. The van der Waals surface area contributed by atoms with E-state index >= 15 is 0 Å². The average molecular weight is 456 g/mol. The van der Waals surface area contributed by atoms with Crippen molar-refractivity contribution >= 4 is 40.7 Å². The molecule has 176 valence electrons. The summed E-state index contributed by atoms with van der Waals surface area (Å²) in [5.74, 6) is -0.644. The molecular formula is C23H28N4O6. The molecule has 10 heteroatoms. The highest BCUT2D eigenvalue weighted by molar-refractivity contribution is 6.11. The van der Waals surface area contributed by atoms with Crippen molar-refractivity contribution in [3.05, 3.63) is 36.2 Å². The zero-order chi connectivity index (χ0) is 24.6. The van der Waals surface area contributed by atoms with E-state index in [9.17, 15) is 14.4 Å². The van der Waals surface area contributed by atoms with Crippen molar-refractivity contribution in [2.75, 3.05) is 12.0 Å². The molecular weight excluding hydrogens is 428 g/mol. The van der Waals surface area contributed by atoms with Gasteiger partial charge in [0.15, 0.2) is 11.5 Å². The van der Waals surface area contributed by atoms with E-state index in [1.54, 1.807) is 58.2 Å². The number of nitrogens with zero attached hydrogens (tertiary/aromatic N) is 4. The second-order valence-corrected chi connectivity index (χ2v) is 9.40. The van der Waals surface area contributed by atoms with Gasteiger partial charge in [0.25, 0.3) is 0 Å². The molecule has 0 N–H and O–H groups in total. The number of fused-ring (bicyclic) bond motifs is 3. The Balaban J connectivity index is 2.28. The lowest BCUT2D eigenvalue weighted by molar-refractivity contribution is -0.139. The number of para-hydroxylation sites is 2. The van der Waals surface area contributed by atoms with E-state index in [1.807, 2.05) is 18.2 Å². The minimum absolute atomic E-state index is 0.115. The maximum Gasteiger partial charge on any atom is 0.425 e. The number of carbonyl (C=O) groups is 3. The number of aromatic nitrogens is 3. The van der Waals surface area contributed by atoms with Crippen molar-refractivity contribution in [1.29, 1.82) is 0 Å². The molecule has 2 aromatic heterocycles. The fraction of sp³-hybridized carbons (Fsp3) is 0.435. The van der Waals surface area contributed by atoms with E-state index in [-0.39, 0.29) is 23.6 Å². The number of ether oxygens (including phenoxy) is 3. The summed E-state index contributed by atoms with van der Waals surface area (Å²) < 4.78 is 17.4. The van der Waals surface area contributed by atoms with Crippen molar-refractivity contribution < 1.29 is 28.6 Å². The Kier molecular flexibility index (Phi) is 6.31. The van der Waals surface area contributed by atoms with E-state index in [0.717, 1.165) is 0 Å². The molecule has 3 aromatic rings. The van der Waals surface area contributed by atoms with Gasteiger partial charge in [-0.25, -0.2) is 19.6 Å². The highest BCUT2D eigenvalue weighted by Crippen LogP contribution is 2.28. The second-order valence-electron chi connectivity index (χ2n) is 9.40. The lowest BCUT2D eigenvalue weighted by atomic mass is 10.2. The van der Waals surface area contributed by atoms with Crippen molar-refractivity contribution in [2.45, 2.75) is 59.2 Å². The van der Waals surface area contributed by atoms with Gasteiger partial charge in [-0.2, -0.15) is 4.90 Å². The standard InChI is InChI=1S/C23H28N4O6/c1-22(2,3)32-20(29)27(21(30)33-23(4,5)6)19-18-25-15-10-8-9-11-16(15)26(18)13-14(24-19)12-17(28)31-7/h8-11,13H,12H2,1-7H3. The van der Waals surface area contributed by atoms with Crippen LogP contribution < -0.4 is 4.90 Å². The zero-order valence-corrected chi connectivity index (χ0v) is 19.8. The maximum absolute atomic E-state index is 13.2. The molecule has 33 heavy (non-hydrogen) atoms. The molecule has 0 unspecified atom stereocenters. The first kappa shape index (κ1) is 24.0. The fourth-order valence-electron chi connectivity index (χ4n) is 3.01. The van der Waals surface area contributed by atoms with Crippen LogP contribution in [0.2, 0.25) is 0 Å². The number of esters is 1. The quantitative estimate of drug-likeness (QED) is 0.424. The first-order valence-corrected chi connectivity index (χ1v) is 10.4. The molecule has 0 bridgehead atoms. The maximum atomic E-state index is 13.2. The molecule has 10 nitrogen and oxygen atoms in total. The largest absolute Gasteiger partial charge is 0.469 e. The lowest BCUT2D eigenvalue weighted by Gasteiger charge is -2.28. The monoisotopic (exact) mass is 456 g/mol. The normalized spacial score (nSPS) is 12.0. The van der Waals surface area contributed by atoms with Crippen LogP contribution in [-0.4, -0.2) is 50.8 Å². The van der Waals surface area contributed by atoms with Gasteiger partial charge in [-0.05, 0) is 53.7 Å². The summed E-state index contributed by atoms with van der Waals surface area (Å²) in [6.45, 7) is 10.1. The Labute approximate surface area is 191 Å². The van der Waals surface area contributed by atoms with Crippen LogP contribution in [0.25, 0.3) is 16.7 Å². The summed E-state index contributed by atoms with van der Waals surface area (Å²) in [5.41, 5.74) is 0.0280. The number of rotatable bonds is 3. The van der Waals surface area contributed by atoms with Gasteiger partial charge in [0.05, 0.1) is 30.3 Å². The number of benzene rings is 1. The van der Waals surface area contributed by atoms with E-state index < -0.39 is 29.4 Å². The highest BCUT2D eigenvalue weighted by Gasteiger charge is 2.36. The molecule has 0 saturated heterocycles. The Hall–Kier alpha value is -3.69. The highest BCUT2D eigenvalue weighted by atomic mass is 16.6. The number of hydrogen-bond acceptors (Lipinski definition) is 8. The van der Waals surface area contributed by atoms with E-state index in [0.29, 0.717) is 15.9 Å². The van der Waals surface area contributed by atoms with Crippen molar-refractivity contribution in [3.8, 4) is 0 Å². The fourth-order valence-corrected chi connectivity index (χ4v) is 3.01.